The molecule has 0 saturated heterocycles. The standard InChI is InChI=1S/C15H13F2NO3/c1-9-8-10(6-7-12(9)19)18-14(20)11-4-2-3-5-13(11)21-15(16)17/h2-8,15,19H,1H3,(H,18,20). The van der Waals surface area contributed by atoms with Crippen molar-refractivity contribution in [3.63, 3.8) is 0 Å². The second-order valence-corrected chi connectivity index (χ2v) is 4.33. The molecule has 0 bridgehead atoms. The van der Waals surface area contributed by atoms with Crippen molar-refractivity contribution in [3.05, 3.63) is 53.6 Å². The van der Waals surface area contributed by atoms with Crippen LogP contribution in [-0.2, 0) is 0 Å². The molecule has 0 radical (unpaired) electrons. The summed E-state index contributed by atoms with van der Waals surface area (Å²) in [6, 6.07) is 10.3. The lowest BCUT2D eigenvalue weighted by Gasteiger charge is -2.11. The summed E-state index contributed by atoms with van der Waals surface area (Å²) in [7, 11) is 0. The van der Waals surface area contributed by atoms with Gasteiger partial charge in [-0.2, -0.15) is 8.78 Å². The van der Waals surface area contributed by atoms with E-state index in [2.05, 4.69) is 10.1 Å². The molecule has 6 heteroatoms. The van der Waals surface area contributed by atoms with E-state index in [0.717, 1.165) is 0 Å². The number of aromatic hydroxyl groups is 1. The summed E-state index contributed by atoms with van der Waals surface area (Å²) in [5, 5.41) is 12.0. The zero-order valence-electron chi connectivity index (χ0n) is 11.1. The van der Waals surface area contributed by atoms with E-state index in [0.29, 0.717) is 11.3 Å². The van der Waals surface area contributed by atoms with Gasteiger partial charge in [-0.15, -0.1) is 0 Å². The first kappa shape index (κ1) is 14.8. The Morgan fingerprint density at radius 1 is 1.24 bits per heavy atom. The van der Waals surface area contributed by atoms with Crippen LogP contribution < -0.4 is 10.1 Å². The van der Waals surface area contributed by atoms with Gasteiger partial charge < -0.3 is 15.2 Å². The topological polar surface area (TPSA) is 58.6 Å². The molecule has 2 aromatic rings. The van der Waals surface area contributed by atoms with Gasteiger partial charge in [0.2, 0.25) is 0 Å². The number of benzene rings is 2. The minimum Gasteiger partial charge on any atom is -0.508 e. The van der Waals surface area contributed by atoms with Gasteiger partial charge in [0.1, 0.15) is 11.5 Å². The molecule has 21 heavy (non-hydrogen) atoms. The van der Waals surface area contributed by atoms with Crippen molar-refractivity contribution in [2.45, 2.75) is 13.5 Å². The van der Waals surface area contributed by atoms with E-state index in [1.165, 1.54) is 30.3 Å². The van der Waals surface area contributed by atoms with Gasteiger partial charge in [-0.1, -0.05) is 12.1 Å². The molecule has 0 aromatic heterocycles. The lowest BCUT2D eigenvalue weighted by Crippen LogP contribution is -2.15. The van der Waals surface area contributed by atoms with Crippen LogP contribution in [0.3, 0.4) is 0 Å². The number of nitrogens with one attached hydrogen (secondary N) is 1. The summed E-state index contributed by atoms with van der Waals surface area (Å²) in [5.74, 6) is -0.661. The van der Waals surface area contributed by atoms with Crippen molar-refractivity contribution >= 4 is 11.6 Å². The third-order valence-corrected chi connectivity index (χ3v) is 2.80. The highest BCUT2D eigenvalue weighted by molar-refractivity contribution is 6.06. The summed E-state index contributed by atoms with van der Waals surface area (Å²) in [6.07, 6.45) is 0. The van der Waals surface area contributed by atoms with Crippen molar-refractivity contribution in [1.29, 1.82) is 0 Å². The Labute approximate surface area is 120 Å². The van der Waals surface area contributed by atoms with E-state index in [9.17, 15) is 18.7 Å². The fraction of sp³-hybridized carbons (Fsp3) is 0.133. The molecule has 110 valence electrons. The minimum absolute atomic E-state index is 0.00327. The Balaban J connectivity index is 2.22. The Kier molecular flexibility index (Phi) is 4.37. The van der Waals surface area contributed by atoms with Crippen molar-refractivity contribution in [3.8, 4) is 11.5 Å². The third-order valence-electron chi connectivity index (χ3n) is 2.80. The number of carbonyl (C=O) groups is 1. The number of carbonyl (C=O) groups excluding carboxylic acids is 1. The van der Waals surface area contributed by atoms with Crippen LogP contribution in [0.2, 0.25) is 0 Å². The predicted octanol–water partition coefficient (Wildman–Crippen LogP) is 3.55. The van der Waals surface area contributed by atoms with E-state index >= 15 is 0 Å². The van der Waals surface area contributed by atoms with Gasteiger partial charge in [0.25, 0.3) is 5.91 Å². The second-order valence-electron chi connectivity index (χ2n) is 4.33. The van der Waals surface area contributed by atoms with Crippen LogP contribution in [0.5, 0.6) is 11.5 Å². The predicted molar refractivity (Wildman–Crippen MR) is 73.9 cm³/mol. The number of anilines is 1. The normalized spacial score (nSPS) is 10.5. The number of hydrogen-bond donors (Lipinski definition) is 2. The summed E-state index contributed by atoms with van der Waals surface area (Å²) in [6.45, 7) is -1.33. The molecular formula is C15H13F2NO3. The maximum atomic E-state index is 12.3. The zero-order valence-corrected chi connectivity index (χ0v) is 11.1. The van der Waals surface area contributed by atoms with Crippen LogP contribution in [0.1, 0.15) is 15.9 Å². The molecule has 0 aliphatic carbocycles. The molecule has 0 atom stereocenters. The molecule has 0 aliphatic rings. The van der Waals surface area contributed by atoms with Crippen LogP contribution in [0.25, 0.3) is 0 Å². The Morgan fingerprint density at radius 2 is 1.95 bits per heavy atom. The van der Waals surface area contributed by atoms with E-state index in [4.69, 9.17) is 0 Å². The van der Waals surface area contributed by atoms with Gasteiger partial charge >= 0.3 is 6.61 Å². The summed E-state index contributed by atoms with van der Waals surface area (Å²) < 4.78 is 28.9. The lowest BCUT2D eigenvalue weighted by molar-refractivity contribution is -0.0501. The molecule has 0 spiro atoms. The van der Waals surface area contributed by atoms with E-state index < -0.39 is 12.5 Å². The van der Waals surface area contributed by atoms with Crippen LogP contribution in [-0.4, -0.2) is 17.6 Å². The molecule has 4 nitrogen and oxygen atoms in total. The highest BCUT2D eigenvalue weighted by atomic mass is 19.3. The average Bonchev–Trinajstić information content (AvgIpc) is 2.43. The Bertz CT molecular complexity index is 659. The molecule has 2 rings (SSSR count). The lowest BCUT2D eigenvalue weighted by atomic mass is 10.1. The van der Waals surface area contributed by atoms with Gasteiger partial charge in [-0.25, -0.2) is 0 Å². The Morgan fingerprint density at radius 3 is 2.62 bits per heavy atom. The van der Waals surface area contributed by atoms with Crippen LogP contribution in [0.15, 0.2) is 42.5 Å². The fourth-order valence-electron chi connectivity index (χ4n) is 1.78. The number of amides is 1. The number of halogens is 2. The smallest absolute Gasteiger partial charge is 0.387 e. The van der Waals surface area contributed by atoms with Gasteiger partial charge in [0, 0.05) is 5.69 Å². The summed E-state index contributed by atoms with van der Waals surface area (Å²) in [5.41, 5.74) is 1.04. The minimum atomic E-state index is -3.00. The average molecular weight is 293 g/mol. The number of aryl methyl sites for hydroxylation is 1. The van der Waals surface area contributed by atoms with Crippen LogP contribution in [0.4, 0.5) is 14.5 Å². The highest BCUT2D eigenvalue weighted by Gasteiger charge is 2.15. The number of phenolic OH excluding ortho intramolecular Hbond substituents is 1. The molecular weight excluding hydrogens is 280 g/mol. The monoisotopic (exact) mass is 293 g/mol. The zero-order chi connectivity index (χ0) is 15.4. The first-order valence-electron chi connectivity index (χ1n) is 6.12. The summed E-state index contributed by atoms with van der Waals surface area (Å²) >= 11 is 0. The summed E-state index contributed by atoms with van der Waals surface area (Å²) in [4.78, 5) is 12.1. The van der Waals surface area contributed by atoms with E-state index in [1.54, 1.807) is 19.1 Å². The molecule has 0 aliphatic heterocycles. The molecule has 0 fully saturated rings. The third kappa shape index (κ3) is 3.68. The molecule has 1 amide bonds. The SMILES string of the molecule is Cc1cc(NC(=O)c2ccccc2OC(F)F)ccc1O. The van der Waals surface area contributed by atoms with E-state index in [-0.39, 0.29) is 17.1 Å². The number of hydrogen-bond acceptors (Lipinski definition) is 3. The number of alkyl halides is 2. The molecule has 2 aromatic carbocycles. The van der Waals surface area contributed by atoms with Gasteiger partial charge in [-0.3, -0.25) is 4.79 Å². The van der Waals surface area contributed by atoms with Gasteiger partial charge in [0.05, 0.1) is 5.56 Å². The molecule has 0 saturated carbocycles. The number of rotatable bonds is 4. The molecule has 0 heterocycles. The van der Waals surface area contributed by atoms with Gasteiger partial charge in [0.15, 0.2) is 0 Å². The number of phenols is 1. The Hall–Kier alpha value is -2.63. The van der Waals surface area contributed by atoms with Crippen molar-refractivity contribution < 1.29 is 23.4 Å². The second kappa shape index (κ2) is 6.21. The van der Waals surface area contributed by atoms with Gasteiger partial charge in [-0.05, 0) is 42.8 Å². The number of para-hydroxylation sites is 1. The maximum Gasteiger partial charge on any atom is 0.387 e. The largest absolute Gasteiger partial charge is 0.508 e. The molecule has 0 unspecified atom stereocenters. The first-order valence-corrected chi connectivity index (χ1v) is 6.12. The van der Waals surface area contributed by atoms with Crippen molar-refractivity contribution in [1.82, 2.24) is 0 Å². The number of ether oxygens (including phenoxy) is 1. The van der Waals surface area contributed by atoms with Crippen molar-refractivity contribution in [2.24, 2.45) is 0 Å². The molecule has 2 N–H and O–H groups in total. The van der Waals surface area contributed by atoms with Crippen molar-refractivity contribution in [2.75, 3.05) is 5.32 Å². The fourth-order valence-corrected chi connectivity index (χ4v) is 1.78. The first-order chi connectivity index (χ1) is 9.97. The highest BCUT2D eigenvalue weighted by Crippen LogP contribution is 2.24. The quantitative estimate of drug-likeness (QED) is 0.847. The van der Waals surface area contributed by atoms with Crippen LogP contribution in [0, 0.1) is 6.92 Å². The van der Waals surface area contributed by atoms with E-state index in [1.807, 2.05) is 0 Å². The van der Waals surface area contributed by atoms with Crippen LogP contribution >= 0.6 is 0 Å². The maximum absolute atomic E-state index is 12.3.